The quantitative estimate of drug-likeness (QED) is 0.0356. The summed E-state index contributed by atoms with van der Waals surface area (Å²) in [6, 6.07) is 77.7. The Morgan fingerprint density at radius 1 is 0.185 bits per heavy atom. The Hall–Kier alpha value is -10.5. The van der Waals surface area contributed by atoms with E-state index < -0.39 is 0 Å². The van der Waals surface area contributed by atoms with Crippen LogP contribution in [0.3, 0.4) is 0 Å². The highest BCUT2D eigenvalue weighted by molar-refractivity contribution is 6.59. The molecule has 0 fully saturated rings. The number of rotatable bonds is 48. The van der Waals surface area contributed by atoms with Crippen LogP contribution in [0.4, 0.5) is 0 Å². The number of nitrogens with zero attached hydrogens (tertiary/aromatic N) is 4. The van der Waals surface area contributed by atoms with Gasteiger partial charge in [-0.3, -0.25) is 24.7 Å². The molecule has 5 heteroatoms. The average Bonchev–Trinajstić information content (AvgIpc) is 1.55. The van der Waals surface area contributed by atoms with Gasteiger partial charge in [0.1, 0.15) is 0 Å². The lowest BCUT2D eigenvalue weighted by Gasteiger charge is -2.34. The van der Waals surface area contributed by atoms with E-state index in [1.165, 1.54) is 265 Å². The number of aromatic nitrogens is 4. The van der Waals surface area contributed by atoms with Crippen LogP contribution in [-0.2, 0) is 26.5 Å². The van der Waals surface area contributed by atoms with Crippen LogP contribution in [0.15, 0.2) is 244 Å². The molecule has 4 aromatic heterocycles. The zero-order chi connectivity index (χ0) is 89.4. The van der Waals surface area contributed by atoms with Gasteiger partial charge in [-0.2, -0.15) is 0 Å². The van der Waals surface area contributed by atoms with Gasteiger partial charge in [0, 0.05) is 93.5 Å². The van der Waals surface area contributed by atoms with E-state index >= 15 is 4.79 Å². The maximum Gasteiger partial charge on any atom is 0.195 e. The summed E-state index contributed by atoms with van der Waals surface area (Å²) in [7, 11) is 0. The minimum atomic E-state index is -0.308. The van der Waals surface area contributed by atoms with Crippen LogP contribution in [0.5, 0.6) is 0 Å². The number of carbonyl (C=O) groups is 1. The van der Waals surface area contributed by atoms with Crippen molar-refractivity contribution in [2.24, 2.45) is 0 Å². The standard InChI is InChI=1S/C125H144N4O/c1-9-17-25-33-65-122(66-34-26-18-10-2)109-77-89(97-45-41-73-126-85-97)49-57-101(109)105-61-53-93(81-113(105)122)117-118(94-54-62-106-102-58-50-90(98-46-42-74-127-86-98)78-110(102)123(114(106)82-94,67-35-27-19-11-3)68-36-28-20-12-4)120(96-56-64-108-104-60-52-92(100-48-44-76-129-88-100)80-112(104)125(116(108)84-96,71-39-31-23-15-7)72-40-32-24-16-8)121(130)119(117)95-55-63-107-103-59-51-91(99-47-43-75-128-87-99)79-111(103)124(115(107)83-95,69-37-29-21-13-5)70-38-30-22-14-6/h41-64,73-88H,9-40,65-72H2,1-8H3. The minimum absolute atomic E-state index is 0.132. The molecule has 0 radical (unpaired) electrons. The van der Waals surface area contributed by atoms with Crippen molar-refractivity contribution in [3.63, 3.8) is 0 Å². The molecule has 8 aromatic carbocycles. The van der Waals surface area contributed by atoms with Gasteiger partial charge in [0.2, 0.25) is 0 Å². The zero-order valence-electron chi connectivity index (χ0n) is 80.1. The molecular weight excluding hydrogens is 1570 g/mol. The third-order valence-electron chi connectivity index (χ3n) is 31.4. The molecule has 17 rings (SSSR count). The topological polar surface area (TPSA) is 68.6 Å². The minimum Gasteiger partial charge on any atom is -0.289 e. The van der Waals surface area contributed by atoms with E-state index in [9.17, 15) is 0 Å². The Balaban J connectivity index is 0.984. The van der Waals surface area contributed by atoms with Gasteiger partial charge in [0.25, 0.3) is 0 Å². The molecule has 12 aromatic rings. The molecule has 0 N–H and O–H groups in total. The van der Waals surface area contributed by atoms with Gasteiger partial charge < -0.3 is 0 Å². The fourth-order valence-electron chi connectivity index (χ4n) is 24.7. The van der Waals surface area contributed by atoms with E-state index in [1.54, 1.807) is 0 Å². The van der Waals surface area contributed by atoms with E-state index in [0.29, 0.717) is 0 Å². The smallest absolute Gasteiger partial charge is 0.195 e. The number of fused-ring (bicyclic) bond motifs is 12. The van der Waals surface area contributed by atoms with Gasteiger partial charge in [-0.05, 0) is 280 Å². The Morgan fingerprint density at radius 2 is 0.354 bits per heavy atom. The molecule has 0 saturated heterocycles. The highest BCUT2D eigenvalue weighted by Gasteiger charge is 2.50. The Labute approximate surface area is 780 Å². The van der Waals surface area contributed by atoms with E-state index in [-0.39, 0.29) is 27.4 Å². The van der Waals surface area contributed by atoms with E-state index in [4.69, 9.17) is 19.9 Å². The molecule has 0 unspecified atom stereocenters. The Kier molecular flexibility index (Phi) is 29.8. The number of benzene rings is 8. The predicted molar refractivity (Wildman–Crippen MR) is 552 cm³/mol. The first kappa shape index (κ1) is 91.4. The first-order chi connectivity index (χ1) is 64.0. The molecule has 0 saturated carbocycles. The Bertz CT molecular complexity index is 5550. The zero-order valence-corrected chi connectivity index (χ0v) is 80.1. The number of ketones is 1. The van der Waals surface area contributed by atoms with Crippen LogP contribution < -0.4 is 0 Å². The normalized spacial score (nSPS) is 14.8. The number of hydrogen-bond donors (Lipinski definition) is 0. The number of unbranched alkanes of at least 4 members (excludes halogenated alkanes) is 24. The molecule has 5 aliphatic carbocycles. The number of carbonyl (C=O) groups excluding carboxylic acids is 1. The summed E-state index contributed by atoms with van der Waals surface area (Å²) < 4.78 is 0. The van der Waals surface area contributed by atoms with E-state index in [1.807, 2.05) is 24.8 Å². The Morgan fingerprint density at radius 3 is 0.523 bits per heavy atom. The lowest BCUT2D eigenvalue weighted by Crippen LogP contribution is -2.26. The van der Waals surface area contributed by atoms with Crippen molar-refractivity contribution in [2.75, 3.05) is 0 Å². The number of hydrogen-bond acceptors (Lipinski definition) is 5. The summed E-state index contributed by atoms with van der Waals surface area (Å²) in [4.78, 5) is 37.9. The van der Waals surface area contributed by atoms with Crippen molar-refractivity contribution in [1.82, 2.24) is 19.9 Å². The third-order valence-corrected chi connectivity index (χ3v) is 31.4. The van der Waals surface area contributed by atoms with Crippen molar-refractivity contribution in [1.29, 1.82) is 0 Å². The van der Waals surface area contributed by atoms with Gasteiger partial charge in [-0.15, -0.1) is 0 Å². The molecule has 0 amide bonds. The molecule has 0 bridgehead atoms. The van der Waals surface area contributed by atoms with Gasteiger partial charge in [-0.25, -0.2) is 0 Å². The lowest BCUT2D eigenvalue weighted by atomic mass is 9.69. The molecule has 5 aliphatic rings. The van der Waals surface area contributed by atoms with Gasteiger partial charge in [-0.1, -0.05) is 382 Å². The van der Waals surface area contributed by atoms with Crippen molar-refractivity contribution in [2.45, 2.75) is 334 Å². The third kappa shape index (κ3) is 18.0. The van der Waals surface area contributed by atoms with E-state index in [2.05, 4.69) is 274 Å². The van der Waals surface area contributed by atoms with Crippen LogP contribution in [0.25, 0.3) is 111 Å². The van der Waals surface area contributed by atoms with Crippen LogP contribution in [-0.4, -0.2) is 25.7 Å². The van der Waals surface area contributed by atoms with Crippen LogP contribution in [0.1, 0.15) is 379 Å². The summed E-state index contributed by atoms with van der Waals surface area (Å²) in [5.74, 6) is 0.132. The first-order valence-corrected chi connectivity index (χ1v) is 51.9. The summed E-state index contributed by atoms with van der Waals surface area (Å²) in [5, 5.41) is 0. The van der Waals surface area contributed by atoms with Gasteiger partial charge >= 0.3 is 0 Å². The summed E-state index contributed by atoms with van der Waals surface area (Å²) in [6.45, 7) is 18.9. The van der Waals surface area contributed by atoms with Gasteiger partial charge in [0.15, 0.2) is 5.78 Å². The second-order valence-corrected chi connectivity index (χ2v) is 39.7. The molecule has 130 heavy (non-hydrogen) atoms. The summed E-state index contributed by atoms with van der Waals surface area (Å²) in [6.07, 6.45) is 61.9. The lowest BCUT2D eigenvalue weighted by molar-refractivity contribution is -0.108. The average molecular weight is 1720 g/mol. The van der Waals surface area contributed by atoms with Crippen molar-refractivity contribution >= 4 is 28.1 Å². The highest BCUT2D eigenvalue weighted by atomic mass is 16.1. The molecule has 0 aliphatic heterocycles. The number of Topliss-reactive ketones (excluding diaryl/α,β-unsaturated/α-hetero) is 1. The molecule has 0 atom stereocenters. The highest BCUT2D eigenvalue weighted by Crippen LogP contribution is 2.64. The molecule has 5 nitrogen and oxygen atoms in total. The molecule has 670 valence electrons. The summed E-state index contributed by atoms with van der Waals surface area (Å²) >= 11 is 0. The number of allylic oxidation sites excluding steroid dienone is 4. The fourth-order valence-corrected chi connectivity index (χ4v) is 24.7. The number of pyridine rings is 4. The van der Waals surface area contributed by atoms with Crippen molar-refractivity contribution < 1.29 is 4.79 Å². The monoisotopic (exact) mass is 1720 g/mol. The van der Waals surface area contributed by atoms with Crippen LogP contribution in [0, 0.1) is 0 Å². The van der Waals surface area contributed by atoms with Gasteiger partial charge in [0.05, 0.1) is 0 Å². The maximum absolute atomic E-state index is 18.9. The predicted octanol–water partition coefficient (Wildman–Crippen LogP) is 35.9. The largest absolute Gasteiger partial charge is 0.289 e. The van der Waals surface area contributed by atoms with Crippen molar-refractivity contribution in [3.8, 4) is 89.0 Å². The SMILES string of the molecule is CCCCCCC1(CCCCCC)c2cc(C3=C(c4ccc5c(c4)C(CCCCCC)(CCCCCC)c4cc(-c6cccnc6)ccc4-5)C(c4ccc5c(c4)C(CCCCCC)(CCCCCC)c4cc(-c6cccnc6)ccc4-5)=C(c4ccc5c(c4)C(CCCCCC)(CCCCCC)c4cc(-c6cccnc6)ccc4-5)C3=O)ccc2-c2ccc(-c3cccnc3)cc21. The van der Waals surface area contributed by atoms with Crippen molar-refractivity contribution in [3.05, 3.63) is 310 Å². The maximum atomic E-state index is 18.9. The van der Waals surface area contributed by atoms with Crippen LogP contribution >= 0.6 is 0 Å². The molecular formula is C125H144N4O. The second kappa shape index (κ2) is 42.4. The first-order valence-electron chi connectivity index (χ1n) is 51.9. The van der Waals surface area contributed by atoms with E-state index in [0.717, 1.165) is 170 Å². The molecule has 0 spiro atoms. The fraction of sp³-hybridized carbons (Fsp3) is 0.416. The van der Waals surface area contributed by atoms with Crippen LogP contribution in [0.2, 0.25) is 0 Å². The summed E-state index contributed by atoms with van der Waals surface area (Å²) in [5.41, 5.74) is 38.6. The molecule has 4 heterocycles. The second-order valence-electron chi connectivity index (χ2n) is 39.7.